The van der Waals surface area contributed by atoms with Crippen LogP contribution >= 0.6 is 11.8 Å². The fourth-order valence-electron chi connectivity index (χ4n) is 3.36. The zero-order valence-corrected chi connectivity index (χ0v) is 17.9. The quantitative estimate of drug-likeness (QED) is 0.325. The average Bonchev–Trinajstić information content (AvgIpc) is 3.27. The molecule has 0 radical (unpaired) electrons. The molecular formula is C23H19N3O4S. The van der Waals surface area contributed by atoms with Gasteiger partial charge in [-0.1, -0.05) is 6.07 Å². The Morgan fingerprint density at radius 3 is 2.48 bits per heavy atom. The van der Waals surface area contributed by atoms with Gasteiger partial charge in [-0.2, -0.15) is 0 Å². The van der Waals surface area contributed by atoms with Gasteiger partial charge >= 0.3 is 0 Å². The van der Waals surface area contributed by atoms with Crippen molar-refractivity contribution in [3.8, 4) is 11.3 Å². The second-order valence-corrected chi connectivity index (χ2v) is 8.32. The molecule has 0 atom stereocenters. The number of nitrogens with zero attached hydrogens (tertiary/aromatic N) is 2. The summed E-state index contributed by atoms with van der Waals surface area (Å²) in [6.45, 7) is 5.80. The molecule has 1 aliphatic heterocycles. The van der Waals surface area contributed by atoms with Crippen molar-refractivity contribution in [2.45, 2.75) is 20.8 Å². The molecule has 3 aromatic rings. The fraction of sp³-hybridized carbons (Fsp3) is 0.130. The minimum Gasteiger partial charge on any atom is -0.457 e. The zero-order chi connectivity index (χ0) is 22.1. The number of hydrogen-bond donors (Lipinski definition) is 1. The van der Waals surface area contributed by atoms with Gasteiger partial charge in [0, 0.05) is 23.8 Å². The number of benzene rings is 2. The number of amidine groups is 1. The Morgan fingerprint density at radius 2 is 1.81 bits per heavy atom. The molecule has 31 heavy (non-hydrogen) atoms. The van der Waals surface area contributed by atoms with E-state index < -0.39 is 4.92 Å². The number of nitrogens with one attached hydrogen (secondary N) is 1. The van der Waals surface area contributed by atoms with Crippen LogP contribution in [0.25, 0.3) is 17.4 Å². The van der Waals surface area contributed by atoms with E-state index in [1.165, 1.54) is 23.9 Å². The number of nitro groups is 1. The first-order valence-electron chi connectivity index (χ1n) is 9.51. The van der Waals surface area contributed by atoms with E-state index in [1.807, 2.05) is 26.0 Å². The summed E-state index contributed by atoms with van der Waals surface area (Å²) in [7, 11) is 0. The largest absolute Gasteiger partial charge is 0.457 e. The highest BCUT2D eigenvalue weighted by Crippen LogP contribution is 2.32. The number of thioether (sulfide) groups is 1. The fourth-order valence-corrected chi connectivity index (χ4v) is 4.18. The summed E-state index contributed by atoms with van der Waals surface area (Å²) in [4.78, 5) is 27.9. The molecule has 0 bridgehead atoms. The first-order valence-corrected chi connectivity index (χ1v) is 10.3. The van der Waals surface area contributed by atoms with Crippen LogP contribution in [0.3, 0.4) is 0 Å². The number of nitro benzene ring substituents is 1. The standard InChI is InChI=1S/C23H19N3O4S/c1-13-8-14(2)10-16(9-13)24-23-25-22(27)21(31-23)12-18-5-7-20(30-18)19-6-4-17(26(28)29)11-15(19)3/h4-12H,1-3H3,(H,24,25,27)/b21-12+. The summed E-state index contributed by atoms with van der Waals surface area (Å²) >= 11 is 1.25. The van der Waals surface area contributed by atoms with Crippen LogP contribution in [0, 0.1) is 30.9 Å². The maximum absolute atomic E-state index is 12.4. The number of aliphatic imine (C=N–C) groups is 1. The molecule has 8 heteroatoms. The minimum atomic E-state index is -0.429. The number of carbonyl (C=O) groups excluding carboxylic acids is 1. The predicted octanol–water partition coefficient (Wildman–Crippen LogP) is 5.67. The van der Waals surface area contributed by atoms with Crippen LogP contribution in [0.5, 0.6) is 0 Å². The van der Waals surface area contributed by atoms with Crippen molar-refractivity contribution in [2.24, 2.45) is 4.99 Å². The molecule has 0 spiro atoms. The van der Waals surface area contributed by atoms with Crippen LogP contribution in [0.1, 0.15) is 22.5 Å². The van der Waals surface area contributed by atoms with Crippen molar-refractivity contribution in [1.82, 2.24) is 5.32 Å². The molecule has 1 aliphatic rings. The molecule has 1 fully saturated rings. The Morgan fingerprint density at radius 1 is 1.06 bits per heavy atom. The minimum absolute atomic E-state index is 0.0322. The van der Waals surface area contributed by atoms with E-state index in [1.54, 1.807) is 31.2 Å². The number of amides is 1. The smallest absolute Gasteiger partial charge is 0.269 e. The highest BCUT2D eigenvalue weighted by Gasteiger charge is 2.24. The zero-order valence-electron chi connectivity index (χ0n) is 17.1. The van der Waals surface area contributed by atoms with Crippen molar-refractivity contribution in [3.63, 3.8) is 0 Å². The van der Waals surface area contributed by atoms with Gasteiger partial charge in [0.1, 0.15) is 11.5 Å². The van der Waals surface area contributed by atoms with Crippen LogP contribution in [0.15, 0.2) is 62.8 Å². The van der Waals surface area contributed by atoms with Gasteiger partial charge in [0.15, 0.2) is 5.17 Å². The highest BCUT2D eigenvalue weighted by molar-refractivity contribution is 8.18. The van der Waals surface area contributed by atoms with Gasteiger partial charge < -0.3 is 9.73 Å². The lowest BCUT2D eigenvalue weighted by Gasteiger charge is -2.02. The van der Waals surface area contributed by atoms with Crippen LogP contribution in [0.4, 0.5) is 11.4 Å². The summed E-state index contributed by atoms with van der Waals surface area (Å²) in [6, 6.07) is 14.1. The number of rotatable bonds is 4. The third-order valence-corrected chi connectivity index (χ3v) is 5.58. The molecule has 156 valence electrons. The molecular weight excluding hydrogens is 414 g/mol. The number of hydrogen-bond acceptors (Lipinski definition) is 6. The van der Waals surface area contributed by atoms with Gasteiger partial charge in [-0.25, -0.2) is 4.99 Å². The summed E-state index contributed by atoms with van der Waals surface area (Å²) in [5.41, 5.74) is 4.53. The maximum atomic E-state index is 12.4. The van der Waals surface area contributed by atoms with Gasteiger partial charge in [0.25, 0.3) is 11.6 Å². The first kappa shape index (κ1) is 20.6. The Labute approximate surface area is 183 Å². The summed E-state index contributed by atoms with van der Waals surface area (Å²) in [5.74, 6) is 0.849. The highest BCUT2D eigenvalue weighted by atomic mass is 32.2. The van der Waals surface area contributed by atoms with Crippen LogP contribution < -0.4 is 5.32 Å². The van der Waals surface area contributed by atoms with Crippen molar-refractivity contribution in [3.05, 3.63) is 86.0 Å². The van der Waals surface area contributed by atoms with Gasteiger partial charge in [-0.15, -0.1) is 0 Å². The molecule has 0 saturated carbocycles. The molecule has 2 aromatic carbocycles. The lowest BCUT2D eigenvalue weighted by Crippen LogP contribution is -2.19. The van der Waals surface area contributed by atoms with Crippen LogP contribution in [-0.4, -0.2) is 16.0 Å². The Bertz CT molecular complexity index is 1250. The second-order valence-electron chi connectivity index (χ2n) is 7.29. The van der Waals surface area contributed by atoms with E-state index >= 15 is 0 Å². The molecule has 0 unspecified atom stereocenters. The van der Waals surface area contributed by atoms with E-state index in [0.29, 0.717) is 21.6 Å². The van der Waals surface area contributed by atoms with Crippen molar-refractivity contribution < 1.29 is 14.1 Å². The molecule has 1 saturated heterocycles. The van der Waals surface area contributed by atoms with E-state index in [2.05, 4.69) is 16.4 Å². The Balaban J connectivity index is 1.56. The summed E-state index contributed by atoms with van der Waals surface area (Å²) < 4.78 is 5.87. The van der Waals surface area contributed by atoms with Crippen molar-refractivity contribution >= 4 is 40.3 Å². The second kappa shape index (κ2) is 8.23. The first-order chi connectivity index (χ1) is 14.8. The molecule has 4 rings (SSSR count). The van der Waals surface area contributed by atoms with Crippen molar-refractivity contribution in [2.75, 3.05) is 0 Å². The Kier molecular flexibility index (Phi) is 5.48. The lowest BCUT2D eigenvalue weighted by atomic mass is 10.1. The van der Waals surface area contributed by atoms with Gasteiger partial charge in [-0.05, 0) is 79.6 Å². The normalized spacial score (nSPS) is 16.2. The Hall–Kier alpha value is -3.65. The summed E-state index contributed by atoms with van der Waals surface area (Å²) in [6.07, 6.45) is 1.66. The number of aryl methyl sites for hydroxylation is 3. The number of furan rings is 1. The molecule has 7 nitrogen and oxygen atoms in total. The van der Waals surface area contributed by atoms with Crippen LogP contribution in [-0.2, 0) is 4.79 Å². The van der Waals surface area contributed by atoms with E-state index in [9.17, 15) is 14.9 Å². The van der Waals surface area contributed by atoms with Gasteiger partial charge in [0.2, 0.25) is 0 Å². The number of carbonyl (C=O) groups is 1. The molecule has 1 amide bonds. The van der Waals surface area contributed by atoms with E-state index in [4.69, 9.17) is 4.42 Å². The third kappa shape index (κ3) is 4.59. The predicted molar refractivity (Wildman–Crippen MR) is 122 cm³/mol. The van der Waals surface area contributed by atoms with E-state index in [0.717, 1.165) is 27.9 Å². The molecule has 2 heterocycles. The SMILES string of the molecule is Cc1cc(C)cc(N=C2NC(=O)/C(=C\c3ccc(-c4ccc([N+](=O)[O-])cc4C)o3)S2)c1. The van der Waals surface area contributed by atoms with E-state index in [-0.39, 0.29) is 11.6 Å². The van der Waals surface area contributed by atoms with Crippen LogP contribution in [0.2, 0.25) is 0 Å². The summed E-state index contributed by atoms with van der Waals surface area (Å²) in [5, 5.41) is 14.2. The third-order valence-electron chi connectivity index (χ3n) is 4.67. The topological polar surface area (TPSA) is 97.7 Å². The van der Waals surface area contributed by atoms with Gasteiger partial charge in [-0.3, -0.25) is 14.9 Å². The number of non-ortho nitro benzene ring substituents is 1. The van der Waals surface area contributed by atoms with Crippen molar-refractivity contribution in [1.29, 1.82) is 0 Å². The van der Waals surface area contributed by atoms with Gasteiger partial charge in [0.05, 0.1) is 15.5 Å². The monoisotopic (exact) mass is 433 g/mol. The average molecular weight is 433 g/mol. The maximum Gasteiger partial charge on any atom is 0.269 e. The molecule has 1 N–H and O–H groups in total. The molecule has 0 aliphatic carbocycles. The molecule has 1 aromatic heterocycles. The lowest BCUT2D eigenvalue weighted by molar-refractivity contribution is -0.384.